The summed E-state index contributed by atoms with van der Waals surface area (Å²) >= 11 is 1.19. The van der Waals surface area contributed by atoms with Gasteiger partial charge in [0.2, 0.25) is 15.2 Å². The Labute approximate surface area is 207 Å². The van der Waals surface area contributed by atoms with Crippen LogP contribution in [0, 0.1) is 0 Å². The van der Waals surface area contributed by atoms with Crippen molar-refractivity contribution in [1.82, 2.24) is 19.8 Å². The summed E-state index contributed by atoms with van der Waals surface area (Å²) in [6.45, 7) is 1.33. The second-order valence-corrected chi connectivity index (χ2v) is 10.8. The van der Waals surface area contributed by atoms with Crippen LogP contribution in [0.2, 0.25) is 0 Å². The first-order valence-electron chi connectivity index (χ1n) is 11.0. The van der Waals surface area contributed by atoms with E-state index in [-0.39, 0.29) is 21.5 Å². The van der Waals surface area contributed by atoms with Gasteiger partial charge >= 0.3 is 0 Å². The zero-order chi connectivity index (χ0) is 24.8. The molecule has 2 aromatic carbocycles. The third-order valence-electron chi connectivity index (χ3n) is 5.44. The molecule has 2 amide bonds. The molecule has 0 aliphatic carbocycles. The second-order valence-electron chi connectivity index (χ2n) is 7.83. The van der Waals surface area contributed by atoms with Crippen molar-refractivity contribution < 1.29 is 22.7 Å². The molecule has 4 rings (SSSR count). The number of nitrogens with zero attached hydrogens (tertiary/aromatic N) is 3. The van der Waals surface area contributed by atoms with Gasteiger partial charge in [-0.2, -0.15) is 4.31 Å². The van der Waals surface area contributed by atoms with Crippen LogP contribution >= 0.6 is 11.3 Å². The Morgan fingerprint density at radius 3 is 2.49 bits per heavy atom. The monoisotopic (exact) mass is 515 g/mol. The van der Waals surface area contributed by atoms with Crippen LogP contribution in [0.4, 0.5) is 5.13 Å². The molecule has 0 saturated carbocycles. The van der Waals surface area contributed by atoms with E-state index < -0.39 is 15.9 Å². The summed E-state index contributed by atoms with van der Waals surface area (Å²) < 4.78 is 32.1. The quantitative estimate of drug-likeness (QED) is 0.448. The van der Waals surface area contributed by atoms with Crippen LogP contribution in [0.5, 0.6) is 5.75 Å². The number of anilines is 1. The van der Waals surface area contributed by atoms with E-state index in [0.29, 0.717) is 42.4 Å². The molecular formula is C23H25N5O5S2. The first-order chi connectivity index (χ1) is 16.9. The highest BCUT2D eigenvalue weighted by atomic mass is 32.2. The average molecular weight is 516 g/mol. The molecule has 0 atom stereocenters. The smallest absolute Gasteiger partial charge is 0.257 e. The van der Waals surface area contributed by atoms with Gasteiger partial charge in [-0.1, -0.05) is 23.5 Å². The van der Waals surface area contributed by atoms with Crippen molar-refractivity contribution in [3.05, 3.63) is 64.7 Å². The molecule has 12 heteroatoms. The van der Waals surface area contributed by atoms with Crippen molar-refractivity contribution in [3.8, 4) is 5.75 Å². The molecule has 0 radical (unpaired) electrons. The summed E-state index contributed by atoms with van der Waals surface area (Å²) in [7, 11) is -2.08. The third-order valence-corrected chi connectivity index (χ3v) is 8.24. The van der Waals surface area contributed by atoms with Crippen LogP contribution in [0.3, 0.4) is 0 Å². The Kier molecular flexibility index (Phi) is 7.73. The molecule has 3 aromatic rings. The summed E-state index contributed by atoms with van der Waals surface area (Å²) in [4.78, 5) is 25.1. The predicted molar refractivity (Wildman–Crippen MR) is 131 cm³/mol. The Hall–Kier alpha value is -3.35. The molecule has 184 valence electrons. The summed E-state index contributed by atoms with van der Waals surface area (Å²) in [6, 6.07) is 12.8. The molecule has 35 heavy (non-hydrogen) atoms. The Morgan fingerprint density at radius 1 is 1.03 bits per heavy atom. The van der Waals surface area contributed by atoms with E-state index in [4.69, 9.17) is 4.74 Å². The van der Waals surface area contributed by atoms with Crippen LogP contribution in [0.15, 0.2) is 53.4 Å². The van der Waals surface area contributed by atoms with Gasteiger partial charge in [0.05, 0.1) is 12.0 Å². The summed E-state index contributed by atoms with van der Waals surface area (Å²) in [5.74, 6) is -0.107. The highest BCUT2D eigenvalue weighted by Crippen LogP contribution is 2.22. The van der Waals surface area contributed by atoms with Crippen molar-refractivity contribution in [2.45, 2.75) is 24.2 Å². The lowest BCUT2D eigenvalue weighted by Crippen LogP contribution is -2.28. The number of carbonyl (C=O) groups excluding carboxylic acids is 2. The summed E-state index contributed by atoms with van der Waals surface area (Å²) in [5.41, 5.74) is 0.705. The normalized spacial score (nSPS) is 14.0. The second kappa shape index (κ2) is 10.9. The van der Waals surface area contributed by atoms with E-state index in [1.54, 1.807) is 36.4 Å². The van der Waals surface area contributed by atoms with E-state index in [1.165, 1.54) is 34.9 Å². The number of sulfonamides is 1. The van der Waals surface area contributed by atoms with Gasteiger partial charge in [0.1, 0.15) is 10.8 Å². The number of nitrogens with one attached hydrogen (secondary N) is 2. The summed E-state index contributed by atoms with van der Waals surface area (Å²) in [6.07, 6.45) is 2.11. The molecule has 1 aromatic heterocycles. The number of aromatic nitrogens is 2. The fraction of sp³-hybridized carbons (Fsp3) is 0.304. The van der Waals surface area contributed by atoms with Crippen LogP contribution in [0.25, 0.3) is 0 Å². The van der Waals surface area contributed by atoms with Gasteiger partial charge in [-0.3, -0.25) is 14.9 Å². The largest absolute Gasteiger partial charge is 0.497 e. The minimum Gasteiger partial charge on any atom is -0.497 e. The van der Waals surface area contributed by atoms with Gasteiger partial charge in [-0.25, -0.2) is 8.42 Å². The average Bonchev–Trinajstić information content (AvgIpc) is 3.57. The maximum atomic E-state index is 12.8. The van der Waals surface area contributed by atoms with Crippen molar-refractivity contribution in [2.75, 3.05) is 32.1 Å². The molecule has 2 heterocycles. The van der Waals surface area contributed by atoms with Gasteiger partial charge in [-0.15, -0.1) is 10.2 Å². The van der Waals surface area contributed by atoms with Crippen LogP contribution in [-0.2, 0) is 16.4 Å². The SMILES string of the molecule is COc1cccc(C(=O)NCCc2nnc(NC(=O)c3cccc(S(=O)(=O)N4CCCC4)c3)s2)c1. The number of ether oxygens (including phenoxy) is 1. The van der Waals surface area contributed by atoms with E-state index in [2.05, 4.69) is 20.8 Å². The Balaban J connectivity index is 1.32. The minimum atomic E-state index is -3.62. The number of methoxy groups -OCH3 is 1. The number of amides is 2. The predicted octanol–water partition coefficient (Wildman–Crippen LogP) is 2.56. The molecule has 10 nitrogen and oxygen atoms in total. The molecule has 1 fully saturated rings. The lowest BCUT2D eigenvalue weighted by Gasteiger charge is -2.15. The molecule has 1 aliphatic rings. The Morgan fingerprint density at radius 2 is 1.74 bits per heavy atom. The van der Waals surface area contributed by atoms with Gasteiger partial charge in [0, 0.05) is 37.2 Å². The molecular weight excluding hydrogens is 490 g/mol. The van der Waals surface area contributed by atoms with Gasteiger partial charge < -0.3 is 10.1 Å². The standard InChI is InChI=1S/C23H25N5O5S2/c1-33-18-8-4-6-16(14-18)21(29)24-11-10-20-26-27-23(34-20)25-22(30)17-7-5-9-19(15-17)35(31,32)28-12-2-3-13-28/h4-9,14-15H,2-3,10-13H2,1H3,(H,24,29)(H,25,27,30). The number of hydrogen-bond acceptors (Lipinski definition) is 8. The van der Waals surface area contributed by atoms with Crippen LogP contribution < -0.4 is 15.4 Å². The number of rotatable bonds is 9. The third kappa shape index (κ3) is 6.02. The lowest BCUT2D eigenvalue weighted by atomic mass is 10.2. The van der Waals surface area contributed by atoms with E-state index in [1.807, 2.05) is 0 Å². The van der Waals surface area contributed by atoms with Crippen molar-refractivity contribution in [1.29, 1.82) is 0 Å². The van der Waals surface area contributed by atoms with Crippen molar-refractivity contribution in [3.63, 3.8) is 0 Å². The van der Waals surface area contributed by atoms with Crippen LogP contribution in [-0.4, -0.2) is 61.5 Å². The first-order valence-corrected chi connectivity index (χ1v) is 13.3. The summed E-state index contributed by atoms with van der Waals surface area (Å²) in [5, 5.41) is 14.4. The van der Waals surface area contributed by atoms with Gasteiger partial charge in [0.25, 0.3) is 11.8 Å². The van der Waals surface area contributed by atoms with Crippen molar-refractivity contribution in [2.24, 2.45) is 0 Å². The minimum absolute atomic E-state index is 0.0942. The zero-order valence-corrected chi connectivity index (χ0v) is 20.7. The maximum Gasteiger partial charge on any atom is 0.257 e. The van der Waals surface area contributed by atoms with Crippen molar-refractivity contribution >= 4 is 38.3 Å². The first kappa shape index (κ1) is 24.8. The van der Waals surface area contributed by atoms with Gasteiger partial charge in [-0.05, 0) is 49.2 Å². The molecule has 0 bridgehead atoms. The molecule has 0 unspecified atom stereocenters. The fourth-order valence-corrected chi connectivity index (χ4v) is 5.90. The molecule has 2 N–H and O–H groups in total. The zero-order valence-electron chi connectivity index (χ0n) is 19.1. The number of benzene rings is 2. The highest BCUT2D eigenvalue weighted by molar-refractivity contribution is 7.89. The Bertz CT molecular complexity index is 1320. The van der Waals surface area contributed by atoms with Gasteiger partial charge in [0.15, 0.2) is 0 Å². The van der Waals surface area contributed by atoms with E-state index >= 15 is 0 Å². The topological polar surface area (TPSA) is 131 Å². The molecule has 1 aliphatic heterocycles. The highest BCUT2D eigenvalue weighted by Gasteiger charge is 2.27. The lowest BCUT2D eigenvalue weighted by molar-refractivity contribution is 0.0952. The van der Waals surface area contributed by atoms with E-state index in [9.17, 15) is 18.0 Å². The molecule has 0 spiro atoms. The maximum absolute atomic E-state index is 12.8. The van der Waals surface area contributed by atoms with E-state index in [0.717, 1.165) is 12.8 Å². The molecule has 1 saturated heterocycles. The number of carbonyl (C=O) groups is 2. The number of hydrogen-bond donors (Lipinski definition) is 2. The fourth-order valence-electron chi connectivity index (χ4n) is 3.60. The van der Waals surface area contributed by atoms with Crippen LogP contribution in [0.1, 0.15) is 38.6 Å².